The molecule has 2 amide bonds. The van der Waals surface area contributed by atoms with Gasteiger partial charge < -0.3 is 44.2 Å². The van der Waals surface area contributed by atoms with Gasteiger partial charge in [0, 0.05) is 44.3 Å². The third-order valence-corrected chi connectivity index (χ3v) is 3.82. The number of rotatable bonds is 11. The Balaban J connectivity index is -0.000000260. The standard InChI is InChI=1S/C11H20ClNO5.C9H19NO3.C4H10O.C2H2Cl2O2/c1-8(17-10(15)16-7-12)5-6-13-9(14)18-11(2,3)4;1-7(11)5-6-10-8(12)13-9(2,3)4;1-3-5-4-2;3-1-6-2(4)5/h8H,5-7H2,1-4H3,(H,13,14);7,11H,5-6H2,1-4H3,(H,10,12);3-4H2,1-2H3;1H2. The number of alkyl halides is 2. The van der Waals surface area contributed by atoms with Crippen LogP contribution in [0.2, 0.25) is 0 Å². The van der Waals surface area contributed by atoms with Gasteiger partial charge in [0.15, 0.2) is 12.1 Å². The van der Waals surface area contributed by atoms with E-state index in [1.54, 1.807) is 55.4 Å². The molecule has 2 atom stereocenters. The minimum Gasteiger partial charge on any atom is -0.444 e. The quantitative estimate of drug-likeness (QED) is 0.0945. The lowest BCUT2D eigenvalue weighted by atomic mass is 10.2. The molecule has 0 aromatic carbocycles. The van der Waals surface area contributed by atoms with Crippen LogP contribution in [0, 0.1) is 0 Å². The first-order chi connectivity index (χ1) is 19.2. The summed E-state index contributed by atoms with van der Waals surface area (Å²) >= 11 is 14.7. The number of carbonyl (C=O) groups excluding carboxylic acids is 4. The van der Waals surface area contributed by atoms with Gasteiger partial charge in [-0.1, -0.05) is 23.2 Å². The molecule has 2 unspecified atom stereocenters. The molecule has 0 rings (SSSR count). The Hall–Kier alpha value is -1.93. The molecule has 3 N–H and O–H groups in total. The largest absolute Gasteiger partial charge is 0.509 e. The Labute approximate surface area is 265 Å². The van der Waals surface area contributed by atoms with Crippen molar-refractivity contribution >= 4 is 58.6 Å². The van der Waals surface area contributed by atoms with Gasteiger partial charge in [0.05, 0.1) is 6.10 Å². The highest BCUT2D eigenvalue weighted by Gasteiger charge is 2.17. The Morgan fingerprint density at radius 1 is 0.762 bits per heavy atom. The van der Waals surface area contributed by atoms with Gasteiger partial charge in [-0.2, -0.15) is 0 Å². The number of hydrogen-bond acceptors (Lipinski definition) is 11. The summed E-state index contributed by atoms with van der Waals surface area (Å²) in [6.07, 6.45) is -1.54. The molecule has 13 nitrogen and oxygen atoms in total. The Morgan fingerprint density at radius 3 is 1.43 bits per heavy atom. The smallest absolute Gasteiger partial charge is 0.444 e. The van der Waals surface area contributed by atoms with Gasteiger partial charge in [0.25, 0.3) is 0 Å². The Bertz CT molecular complexity index is 700. The van der Waals surface area contributed by atoms with Gasteiger partial charge in [-0.15, -0.1) is 0 Å². The van der Waals surface area contributed by atoms with Crippen molar-refractivity contribution < 1.29 is 52.7 Å². The molecule has 0 bridgehead atoms. The Kier molecular flexibility index (Phi) is 32.6. The van der Waals surface area contributed by atoms with Crippen LogP contribution in [0.3, 0.4) is 0 Å². The number of aliphatic hydroxyl groups is 1. The third-order valence-electron chi connectivity index (χ3n) is 3.50. The van der Waals surface area contributed by atoms with E-state index in [1.807, 2.05) is 13.8 Å². The van der Waals surface area contributed by atoms with Crippen LogP contribution in [0.1, 0.15) is 82.1 Å². The van der Waals surface area contributed by atoms with Crippen molar-refractivity contribution in [2.45, 2.75) is 105 Å². The first-order valence-corrected chi connectivity index (χ1v) is 14.7. The van der Waals surface area contributed by atoms with Gasteiger partial charge in [0.1, 0.15) is 17.3 Å². The molecule has 0 saturated carbocycles. The van der Waals surface area contributed by atoms with Crippen molar-refractivity contribution in [1.29, 1.82) is 0 Å². The van der Waals surface area contributed by atoms with E-state index in [9.17, 15) is 19.2 Å². The number of halogens is 3. The highest BCUT2D eigenvalue weighted by Crippen LogP contribution is 2.07. The van der Waals surface area contributed by atoms with Gasteiger partial charge in [0.2, 0.25) is 0 Å². The summed E-state index contributed by atoms with van der Waals surface area (Å²) in [5.41, 5.74) is -1.87. The topological polar surface area (TPSA) is 168 Å². The average Bonchev–Trinajstić information content (AvgIpc) is 2.78. The van der Waals surface area contributed by atoms with Gasteiger partial charge in [-0.05, 0) is 75.7 Å². The first kappa shape index (κ1) is 47.0. The molecule has 0 aromatic rings. The predicted molar refractivity (Wildman–Crippen MR) is 162 cm³/mol. The zero-order chi connectivity index (χ0) is 33.8. The molecule has 0 aliphatic carbocycles. The van der Waals surface area contributed by atoms with Crippen LogP contribution in [-0.2, 0) is 28.4 Å². The number of carbonyl (C=O) groups is 4. The normalized spacial score (nSPS) is 11.7. The number of amides is 2. The highest BCUT2D eigenvalue weighted by atomic mass is 35.5. The molecule has 252 valence electrons. The van der Waals surface area contributed by atoms with Crippen molar-refractivity contribution in [3.8, 4) is 0 Å². The van der Waals surface area contributed by atoms with Crippen molar-refractivity contribution in [3.05, 3.63) is 0 Å². The van der Waals surface area contributed by atoms with Crippen LogP contribution in [0.4, 0.5) is 19.2 Å². The average molecular weight is 674 g/mol. The molecule has 0 radical (unpaired) electrons. The molecular formula is C26H51Cl3N2O11. The number of alkyl carbamates (subject to hydrolysis) is 2. The zero-order valence-corrected chi connectivity index (χ0v) is 28.7. The Morgan fingerprint density at radius 2 is 1.17 bits per heavy atom. The van der Waals surface area contributed by atoms with Gasteiger partial charge in [-0.25, -0.2) is 19.2 Å². The minimum atomic E-state index is -0.870. The lowest BCUT2D eigenvalue weighted by Crippen LogP contribution is -2.34. The summed E-state index contributed by atoms with van der Waals surface area (Å²) in [5.74, 6) is 0. The second kappa shape index (κ2) is 29.2. The van der Waals surface area contributed by atoms with E-state index in [0.29, 0.717) is 25.9 Å². The van der Waals surface area contributed by atoms with Crippen molar-refractivity contribution in [1.82, 2.24) is 10.6 Å². The monoisotopic (exact) mass is 672 g/mol. The van der Waals surface area contributed by atoms with E-state index in [2.05, 4.69) is 31.7 Å². The van der Waals surface area contributed by atoms with Crippen LogP contribution >= 0.6 is 34.8 Å². The molecule has 0 saturated heterocycles. The maximum atomic E-state index is 11.3. The molecule has 0 fully saturated rings. The van der Waals surface area contributed by atoms with Crippen LogP contribution < -0.4 is 10.6 Å². The first-order valence-electron chi connectivity index (χ1n) is 13.2. The molecule has 16 heteroatoms. The fourth-order valence-electron chi connectivity index (χ4n) is 1.94. The van der Waals surface area contributed by atoms with E-state index in [-0.39, 0.29) is 18.2 Å². The molecule has 0 aromatic heterocycles. The third kappa shape index (κ3) is 50.9. The van der Waals surface area contributed by atoms with Crippen LogP contribution in [0.5, 0.6) is 0 Å². The van der Waals surface area contributed by atoms with Crippen LogP contribution in [0.25, 0.3) is 0 Å². The molecule has 0 aliphatic rings. The molecule has 0 aliphatic heterocycles. The molecular weight excluding hydrogens is 623 g/mol. The van der Waals surface area contributed by atoms with Crippen molar-refractivity contribution in [2.24, 2.45) is 0 Å². The maximum absolute atomic E-state index is 11.3. The van der Waals surface area contributed by atoms with Crippen LogP contribution in [0.15, 0.2) is 0 Å². The highest BCUT2D eigenvalue weighted by molar-refractivity contribution is 6.61. The number of aliphatic hydroxyl groups excluding tert-OH is 1. The van der Waals surface area contributed by atoms with Crippen LogP contribution in [-0.4, -0.2) is 90.7 Å². The summed E-state index contributed by atoms with van der Waals surface area (Å²) in [6.45, 7) is 20.6. The fraction of sp³-hybridized carbons (Fsp3) is 0.846. The van der Waals surface area contributed by atoms with Crippen molar-refractivity contribution in [3.63, 3.8) is 0 Å². The SMILES string of the molecule is CC(CCNC(=O)OC(C)(C)C)OC(=O)OCCl.CC(O)CCNC(=O)OC(C)(C)C.CCOCC.O=C(Cl)OCCl. The fourth-order valence-corrected chi connectivity index (χ4v) is 2.24. The summed E-state index contributed by atoms with van der Waals surface area (Å²) < 4.78 is 28.0. The zero-order valence-electron chi connectivity index (χ0n) is 26.5. The molecule has 42 heavy (non-hydrogen) atoms. The minimum absolute atomic E-state index is 0.178. The molecule has 0 spiro atoms. The maximum Gasteiger partial charge on any atom is 0.509 e. The van der Waals surface area contributed by atoms with E-state index in [4.69, 9.17) is 47.3 Å². The number of ether oxygens (including phenoxy) is 6. The summed E-state index contributed by atoms with van der Waals surface area (Å²) in [4.78, 5) is 42.7. The number of nitrogens with one attached hydrogen (secondary N) is 2. The van der Waals surface area contributed by atoms with E-state index < -0.39 is 41.1 Å². The molecule has 0 heterocycles. The lowest BCUT2D eigenvalue weighted by Gasteiger charge is -2.20. The van der Waals surface area contributed by atoms with E-state index in [0.717, 1.165) is 13.2 Å². The number of hydrogen-bond donors (Lipinski definition) is 3. The summed E-state index contributed by atoms with van der Waals surface area (Å²) in [7, 11) is 0. The van der Waals surface area contributed by atoms with E-state index >= 15 is 0 Å². The second-order valence-corrected chi connectivity index (χ2v) is 10.7. The van der Waals surface area contributed by atoms with Crippen molar-refractivity contribution in [2.75, 3.05) is 38.4 Å². The summed E-state index contributed by atoms with van der Waals surface area (Å²) in [5, 5.41) is 14.0. The second-order valence-electron chi connectivity index (χ2n) is 9.99. The lowest BCUT2D eigenvalue weighted by molar-refractivity contribution is 0.0350. The van der Waals surface area contributed by atoms with Gasteiger partial charge >= 0.3 is 23.8 Å². The summed E-state index contributed by atoms with van der Waals surface area (Å²) in [6, 6.07) is -0.427. The predicted octanol–water partition coefficient (Wildman–Crippen LogP) is 6.52. The van der Waals surface area contributed by atoms with E-state index in [1.165, 1.54) is 0 Å². The van der Waals surface area contributed by atoms with Gasteiger partial charge in [-0.3, -0.25) is 0 Å².